The van der Waals surface area contributed by atoms with Crippen LogP contribution >= 0.6 is 0 Å². The van der Waals surface area contributed by atoms with Crippen molar-refractivity contribution in [2.24, 2.45) is 23.7 Å². The average molecular weight is 339 g/mol. The van der Waals surface area contributed by atoms with Crippen LogP contribution in [0.1, 0.15) is 37.0 Å². The van der Waals surface area contributed by atoms with Crippen LogP contribution in [0.2, 0.25) is 0 Å². The predicted molar refractivity (Wildman–Crippen MR) is 92.4 cm³/mol. The molecule has 1 aromatic rings. The van der Waals surface area contributed by atoms with Gasteiger partial charge in [-0.2, -0.15) is 0 Å². The number of allylic oxidation sites excluding steroid dienone is 2. The van der Waals surface area contributed by atoms with Crippen molar-refractivity contribution in [1.82, 2.24) is 0 Å². The molecule has 5 rings (SSSR count). The molecule has 130 valence electrons. The molecular weight excluding hydrogens is 318 g/mol. The molecule has 4 unspecified atom stereocenters. The zero-order valence-corrected chi connectivity index (χ0v) is 14.4. The van der Waals surface area contributed by atoms with Gasteiger partial charge >= 0.3 is 0 Å². The molecule has 5 heteroatoms. The number of nitrogens with zero attached hydrogens (tertiary/aromatic N) is 1. The van der Waals surface area contributed by atoms with E-state index in [0.717, 1.165) is 12.8 Å². The number of carbonyl (C=O) groups is 3. The van der Waals surface area contributed by atoms with Crippen LogP contribution < -0.4 is 9.64 Å². The number of ether oxygens (including phenoxy) is 1. The minimum absolute atomic E-state index is 0.109. The zero-order chi connectivity index (χ0) is 17.7. The molecule has 2 bridgehead atoms. The first-order valence-electron chi connectivity index (χ1n) is 8.86. The number of ketones is 1. The fraction of sp³-hybridized carbons (Fsp3) is 0.450. The molecule has 0 N–H and O–H groups in total. The summed E-state index contributed by atoms with van der Waals surface area (Å²) in [5, 5.41) is 0. The lowest BCUT2D eigenvalue weighted by molar-refractivity contribution is -0.124. The predicted octanol–water partition coefficient (Wildman–Crippen LogP) is 2.99. The van der Waals surface area contributed by atoms with Crippen molar-refractivity contribution in [3.05, 3.63) is 35.9 Å². The van der Waals surface area contributed by atoms with E-state index in [2.05, 4.69) is 12.2 Å². The van der Waals surface area contributed by atoms with Gasteiger partial charge in [0.15, 0.2) is 5.78 Å². The van der Waals surface area contributed by atoms with E-state index in [9.17, 15) is 14.4 Å². The van der Waals surface area contributed by atoms with Crippen LogP contribution in [0.3, 0.4) is 0 Å². The summed E-state index contributed by atoms with van der Waals surface area (Å²) in [7, 11) is 0. The third-order valence-electron chi connectivity index (χ3n) is 5.67. The third kappa shape index (κ3) is 2.33. The van der Waals surface area contributed by atoms with Crippen molar-refractivity contribution in [3.8, 4) is 5.75 Å². The number of rotatable bonds is 4. The maximum atomic E-state index is 13.1. The van der Waals surface area contributed by atoms with Crippen LogP contribution in [-0.4, -0.2) is 24.2 Å². The van der Waals surface area contributed by atoms with Gasteiger partial charge in [0.2, 0.25) is 11.8 Å². The summed E-state index contributed by atoms with van der Waals surface area (Å²) in [5.74, 6) is -0.216. The van der Waals surface area contributed by atoms with E-state index in [1.807, 2.05) is 6.92 Å². The van der Waals surface area contributed by atoms with Gasteiger partial charge in [0.05, 0.1) is 24.1 Å². The second-order valence-electron chi connectivity index (χ2n) is 7.03. The topological polar surface area (TPSA) is 63.7 Å². The number of imide groups is 1. The fourth-order valence-corrected chi connectivity index (χ4v) is 4.50. The molecular formula is C20H21NO4. The molecule has 0 radical (unpaired) electrons. The lowest BCUT2D eigenvalue weighted by atomic mass is 9.63. The summed E-state index contributed by atoms with van der Waals surface area (Å²) < 4.78 is 5.63. The average Bonchev–Trinajstić information content (AvgIpc) is 2.90. The third-order valence-corrected chi connectivity index (χ3v) is 5.67. The Morgan fingerprint density at radius 2 is 1.72 bits per heavy atom. The summed E-state index contributed by atoms with van der Waals surface area (Å²) in [5.41, 5.74) is 0.869. The maximum Gasteiger partial charge on any atom is 0.238 e. The van der Waals surface area contributed by atoms with Crippen LogP contribution in [-0.2, 0) is 9.59 Å². The van der Waals surface area contributed by atoms with E-state index in [4.69, 9.17) is 4.74 Å². The summed E-state index contributed by atoms with van der Waals surface area (Å²) in [6.45, 7) is 3.74. The number of Topliss-reactive ketones (excluding diaryl/α,β-unsaturated/α-hetero) is 1. The molecule has 4 aliphatic rings. The molecule has 4 atom stereocenters. The monoisotopic (exact) mass is 339 g/mol. The fourth-order valence-electron chi connectivity index (χ4n) is 4.50. The highest BCUT2D eigenvalue weighted by Gasteiger charge is 2.57. The minimum atomic E-state index is -0.272. The van der Waals surface area contributed by atoms with Crippen LogP contribution in [0.15, 0.2) is 30.4 Å². The minimum Gasteiger partial charge on any atom is -0.492 e. The Labute approximate surface area is 146 Å². The zero-order valence-electron chi connectivity index (χ0n) is 14.4. The summed E-state index contributed by atoms with van der Waals surface area (Å²) in [6, 6.07) is 4.95. The Kier molecular flexibility index (Phi) is 3.74. The first-order chi connectivity index (χ1) is 12.0. The number of anilines is 1. The number of fused-ring (bicyclic) bond motifs is 1. The highest BCUT2D eigenvalue weighted by atomic mass is 16.5. The largest absolute Gasteiger partial charge is 0.492 e. The summed E-state index contributed by atoms with van der Waals surface area (Å²) in [6.07, 6.45) is 6.11. The molecule has 25 heavy (non-hydrogen) atoms. The van der Waals surface area contributed by atoms with Gasteiger partial charge in [-0.25, -0.2) is 4.90 Å². The molecule has 5 nitrogen and oxygen atoms in total. The molecule has 0 aromatic heterocycles. The van der Waals surface area contributed by atoms with E-state index >= 15 is 0 Å². The smallest absolute Gasteiger partial charge is 0.238 e. The van der Waals surface area contributed by atoms with Crippen LogP contribution in [0, 0.1) is 23.7 Å². The Hall–Kier alpha value is -2.43. The van der Waals surface area contributed by atoms with Gasteiger partial charge in [-0.15, -0.1) is 0 Å². The number of benzene rings is 1. The first kappa shape index (κ1) is 16.1. The Bertz CT molecular complexity index is 765. The molecule has 1 heterocycles. The Morgan fingerprint density at radius 3 is 2.20 bits per heavy atom. The number of hydrogen-bond donors (Lipinski definition) is 0. The molecule has 3 aliphatic carbocycles. The van der Waals surface area contributed by atoms with Crippen LogP contribution in [0.5, 0.6) is 5.75 Å². The second kappa shape index (κ2) is 5.83. The normalized spacial score (nSPS) is 29.9. The van der Waals surface area contributed by atoms with E-state index in [0.29, 0.717) is 23.6 Å². The molecule has 2 fully saturated rings. The standard InChI is InChI=1S/C20H21NO4/c1-3-25-16-9-8-14(11(2)22)10-15(16)21-19(23)17-12-4-5-13(7-6-12)18(17)20(21)24/h4-5,8-10,12-13,17-18H,3,6-7H2,1-2H3. The van der Waals surface area contributed by atoms with Gasteiger partial charge in [-0.05, 0) is 56.7 Å². The van der Waals surface area contributed by atoms with Crippen molar-refractivity contribution >= 4 is 23.3 Å². The van der Waals surface area contributed by atoms with Crippen molar-refractivity contribution in [2.75, 3.05) is 11.5 Å². The van der Waals surface area contributed by atoms with Crippen molar-refractivity contribution in [2.45, 2.75) is 26.7 Å². The van der Waals surface area contributed by atoms with Gasteiger partial charge in [0, 0.05) is 5.56 Å². The molecule has 1 saturated carbocycles. The lowest BCUT2D eigenvalue weighted by Gasteiger charge is -2.38. The Morgan fingerprint density at radius 1 is 1.12 bits per heavy atom. The Balaban J connectivity index is 1.79. The van der Waals surface area contributed by atoms with Crippen LogP contribution in [0.25, 0.3) is 0 Å². The van der Waals surface area contributed by atoms with Crippen LogP contribution in [0.4, 0.5) is 5.69 Å². The molecule has 1 aliphatic heterocycles. The molecule has 1 saturated heterocycles. The van der Waals surface area contributed by atoms with Gasteiger partial charge in [0.1, 0.15) is 5.75 Å². The first-order valence-corrected chi connectivity index (χ1v) is 8.86. The summed E-state index contributed by atoms with van der Waals surface area (Å²) >= 11 is 0. The van der Waals surface area contributed by atoms with Gasteiger partial charge in [-0.3, -0.25) is 14.4 Å². The quantitative estimate of drug-likeness (QED) is 0.481. The highest BCUT2D eigenvalue weighted by Crippen LogP contribution is 2.51. The van der Waals surface area contributed by atoms with E-state index in [1.165, 1.54) is 11.8 Å². The van der Waals surface area contributed by atoms with E-state index < -0.39 is 0 Å². The maximum absolute atomic E-state index is 13.1. The van der Waals surface area contributed by atoms with Crippen molar-refractivity contribution in [1.29, 1.82) is 0 Å². The second-order valence-corrected chi connectivity index (χ2v) is 7.03. The van der Waals surface area contributed by atoms with Gasteiger partial charge in [-0.1, -0.05) is 12.2 Å². The molecule has 1 aromatic carbocycles. The number of hydrogen-bond acceptors (Lipinski definition) is 4. The van der Waals surface area contributed by atoms with Crippen molar-refractivity contribution < 1.29 is 19.1 Å². The lowest BCUT2D eigenvalue weighted by Crippen LogP contribution is -2.38. The highest BCUT2D eigenvalue weighted by molar-refractivity contribution is 6.23. The van der Waals surface area contributed by atoms with E-state index in [1.54, 1.807) is 18.2 Å². The molecule has 2 amide bonds. The van der Waals surface area contributed by atoms with E-state index in [-0.39, 0.29) is 41.3 Å². The number of carbonyl (C=O) groups excluding carboxylic acids is 3. The van der Waals surface area contributed by atoms with Crippen molar-refractivity contribution in [3.63, 3.8) is 0 Å². The summed E-state index contributed by atoms with van der Waals surface area (Å²) in [4.78, 5) is 39.3. The molecule has 0 spiro atoms. The van der Waals surface area contributed by atoms with Gasteiger partial charge in [0.25, 0.3) is 0 Å². The number of amides is 2. The van der Waals surface area contributed by atoms with Gasteiger partial charge < -0.3 is 4.74 Å². The SMILES string of the molecule is CCOc1ccc(C(C)=O)cc1N1C(=O)C2C3C=CC(CC3)C2C1=O.